The van der Waals surface area contributed by atoms with E-state index in [2.05, 4.69) is 54.4 Å². The fourth-order valence-corrected chi connectivity index (χ4v) is 6.27. The second-order valence-corrected chi connectivity index (χ2v) is 11.8. The van der Waals surface area contributed by atoms with Gasteiger partial charge in [0.15, 0.2) is 0 Å². The lowest BCUT2D eigenvalue weighted by molar-refractivity contribution is 0.414. The molecule has 0 fully saturated rings. The zero-order valence-corrected chi connectivity index (χ0v) is 24.8. The predicted octanol–water partition coefficient (Wildman–Crippen LogP) is 11.0. The molecule has 0 saturated carbocycles. The molecule has 0 aliphatic carbocycles. The van der Waals surface area contributed by atoms with Gasteiger partial charge in [-0.15, -0.1) is 0 Å². The molecule has 206 valence electrons. The number of fused-ring (bicyclic) bond motifs is 2. The van der Waals surface area contributed by atoms with Crippen LogP contribution in [0.2, 0.25) is 0 Å². The molecule has 4 heteroatoms. The average Bonchev–Trinajstić information content (AvgIpc) is 2.93. The highest BCUT2D eigenvalue weighted by Crippen LogP contribution is 2.46. The Morgan fingerprint density at radius 2 is 1.11 bits per heavy atom. The van der Waals surface area contributed by atoms with Gasteiger partial charge in [0.2, 0.25) is 0 Å². The first-order valence-electron chi connectivity index (χ1n) is 15.3. The van der Waals surface area contributed by atoms with E-state index in [-0.39, 0.29) is 0 Å². The third kappa shape index (κ3) is 10.5. The minimum Gasteiger partial charge on any atom is -0.497 e. The van der Waals surface area contributed by atoms with Crippen LogP contribution in [0.5, 0.6) is 5.75 Å². The second-order valence-electron chi connectivity index (χ2n) is 10.7. The van der Waals surface area contributed by atoms with Gasteiger partial charge in [0, 0.05) is 28.6 Å². The van der Waals surface area contributed by atoms with Gasteiger partial charge in [0.05, 0.1) is 18.5 Å². The number of benzene rings is 2. The maximum Gasteiger partial charge on any atom is 0.120 e. The maximum atomic E-state index is 5.46. The number of hydrogen-bond acceptors (Lipinski definition) is 4. The molecule has 0 spiro atoms. The maximum absolute atomic E-state index is 5.46. The zero-order valence-electron chi connectivity index (χ0n) is 24.0. The Hall–Kier alpha value is -1.81. The van der Waals surface area contributed by atoms with E-state index in [0.717, 1.165) is 5.75 Å². The number of ether oxygens (including phenoxy) is 1. The minimum absolute atomic E-state index is 0.915. The van der Waals surface area contributed by atoms with Crippen molar-refractivity contribution in [2.75, 3.05) is 30.4 Å². The summed E-state index contributed by atoms with van der Waals surface area (Å²) in [5.74, 6) is 0.915. The summed E-state index contributed by atoms with van der Waals surface area (Å²) in [7, 11) is 1.74. The molecule has 0 unspecified atom stereocenters. The number of rotatable bonds is 20. The largest absolute Gasteiger partial charge is 0.497 e. The van der Waals surface area contributed by atoms with E-state index in [1.54, 1.807) is 7.11 Å². The highest BCUT2D eigenvalue weighted by atomic mass is 32.2. The summed E-state index contributed by atoms with van der Waals surface area (Å²) in [6.45, 7) is 6.94. The summed E-state index contributed by atoms with van der Waals surface area (Å²) in [5, 5.41) is 3.62. The fourth-order valence-electron chi connectivity index (χ4n) is 5.22. The number of unbranched alkanes of at least 4 members (excludes halogenated alkanes) is 14. The molecule has 1 aliphatic heterocycles. The van der Waals surface area contributed by atoms with Crippen LogP contribution in [0.1, 0.15) is 117 Å². The standard InChI is InChI=1S/C33H52N2OS/c1-4-6-8-10-12-14-16-18-24-35(25-19-17-15-13-11-9-7-5-2)28-20-22-30-32(26-28)37-33-27-29(36-3)21-23-31(33)34-30/h20-23,26-27,34H,4-19,24-25H2,1-3H3. The van der Waals surface area contributed by atoms with Crippen LogP contribution in [-0.2, 0) is 0 Å². The predicted molar refractivity (Wildman–Crippen MR) is 164 cm³/mol. The molecule has 1 heterocycles. The van der Waals surface area contributed by atoms with Gasteiger partial charge in [-0.3, -0.25) is 0 Å². The van der Waals surface area contributed by atoms with Crippen molar-refractivity contribution in [3.05, 3.63) is 36.4 Å². The van der Waals surface area contributed by atoms with Crippen LogP contribution in [0.15, 0.2) is 46.2 Å². The SMILES string of the molecule is CCCCCCCCCCN(CCCCCCCCCC)c1ccc2c(c1)Sc1cc(OC)ccc1N2. The highest BCUT2D eigenvalue weighted by molar-refractivity contribution is 7.99. The van der Waals surface area contributed by atoms with E-state index in [1.165, 1.54) is 143 Å². The van der Waals surface area contributed by atoms with Gasteiger partial charge in [0.1, 0.15) is 5.75 Å². The van der Waals surface area contributed by atoms with Gasteiger partial charge in [-0.05, 0) is 49.2 Å². The first-order chi connectivity index (χ1) is 18.2. The van der Waals surface area contributed by atoms with Crippen molar-refractivity contribution >= 4 is 28.8 Å². The van der Waals surface area contributed by atoms with E-state index in [0.29, 0.717) is 0 Å². The summed E-state index contributed by atoms with van der Waals surface area (Å²) in [6.07, 6.45) is 22.0. The Labute approximate surface area is 232 Å². The summed E-state index contributed by atoms with van der Waals surface area (Å²) in [5.41, 5.74) is 3.76. The molecule has 3 rings (SSSR count). The van der Waals surface area contributed by atoms with Gasteiger partial charge in [-0.25, -0.2) is 0 Å². The third-order valence-corrected chi connectivity index (χ3v) is 8.69. The number of hydrogen-bond donors (Lipinski definition) is 1. The topological polar surface area (TPSA) is 24.5 Å². The van der Waals surface area contributed by atoms with Gasteiger partial charge < -0.3 is 15.0 Å². The number of nitrogens with zero attached hydrogens (tertiary/aromatic N) is 1. The highest BCUT2D eigenvalue weighted by Gasteiger charge is 2.18. The Kier molecular flexibility index (Phi) is 14.2. The van der Waals surface area contributed by atoms with Crippen LogP contribution in [0.4, 0.5) is 17.1 Å². The molecule has 0 aromatic heterocycles. The summed E-state index contributed by atoms with van der Waals surface area (Å²) in [4.78, 5) is 5.22. The van der Waals surface area contributed by atoms with Gasteiger partial charge in [-0.1, -0.05) is 116 Å². The molecule has 37 heavy (non-hydrogen) atoms. The van der Waals surface area contributed by atoms with Crippen molar-refractivity contribution in [2.45, 2.75) is 126 Å². The van der Waals surface area contributed by atoms with Crippen LogP contribution in [0.3, 0.4) is 0 Å². The Morgan fingerprint density at radius 1 is 0.622 bits per heavy atom. The number of nitrogens with one attached hydrogen (secondary N) is 1. The molecule has 2 aromatic carbocycles. The van der Waals surface area contributed by atoms with Crippen molar-refractivity contribution in [2.24, 2.45) is 0 Å². The molecule has 1 N–H and O–H groups in total. The Morgan fingerprint density at radius 3 is 1.65 bits per heavy atom. The lowest BCUT2D eigenvalue weighted by Crippen LogP contribution is -2.26. The van der Waals surface area contributed by atoms with Crippen LogP contribution in [0, 0.1) is 0 Å². The van der Waals surface area contributed by atoms with E-state index < -0.39 is 0 Å². The van der Waals surface area contributed by atoms with Gasteiger partial charge >= 0.3 is 0 Å². The molecule has 0 saturated heterocycles. The van der Waals surface area contributed by atoms with Crippen molar-refractivity contribution in [3.8, 4) is 5.75 Å². The Balaban J connectivity index is 1.55. The van der Waals surface area contributed by atoms with E-state index in [4.69, 9.17) is 4.74 Å². The Bertz CT molecular complexity index is 880. The van der Waals surface area contributed by atoms with Gasteiger partial charge in [0.25, 0.3) is 0 Å². The van der Waals surface area contributed by atoms with Crippen LogP contribution in [-0.4, -0.2) is 20.2 Å². The molecule has 3 nitrogen and oxygen atoms in total. The van der Waals surface area contributed by atoms with Gasteiger partial charge in [-0.2, -0.15) is 0 Å². The lowest BCUT2D eigenvalue weighted by atomic mass is 10.1. The molecule has 0 radical (unpaired) electrons. The summed E-state index contributed by atoms with van der Waals surface area (Å²) >= 11 is 1.86. The molecule has 2 aromatic rings. The smallest absolute Gasteiger partial charge is 0.120 e. The zero-order chi connectivity index (χ0) is 26.1. The second kappa shape index (κ2) is 17.7. The van der Waals surface area contributed by atoms with E-state index in [9.17, 15) is 0 Å². The summed E-state index contributed by atoms with van der Waals surface area (Å²) in [6, 6.07) is 13.3. The van der Waals surface area contributed by atoms with Crippen molar-refractivity contribution in [3.63, 3.8) is 0 Å². The average molecular weight is 525 g/mol. The van der Waals surface area contributed by atoms with Crippen LogP contribution >= 0.6 is 11.8 Å². The molecule has 1 aliphatic rings. The molecule has 0 bridgehead atoms. The summed E-state index contributed by atoms with van der Waals surface area (Å²) < 4.78 is 5.46. The van der Waals surface area contributed by atoms with Crippen molar-refractivity contribution < 1.29 is 4.74 Å². The molecule has 0 amide bonds. The first kappa shape index (κ1) is 29.7. The minimum atomic E-state index is 0.915. The fraction of sp³-hybridized carbons (Fsp3) is 0.636. The van der Waals surface area contributed by atoms with E-state index in [1.807, 2.05) is 17.8 Å². The van der Waals surface area contributed by atoms with Crippen molar-refractivity contribution in [1.29, 1.82) is 0 Å². The van der Waals surface area contributed by atoms with Crippen LogP contribution < -0.4 is 15.0 Å². The molecular formula is C33H52N2OS. The molecular weight excluding hydrogens is 472 g/mol. The normalized spacial score (nSPS) is 12.1. The van der Waals surface area contributed by atoms with Crippen molar-refractivity contribution in [1.82, 2.24) is 0 Å². The van der Waals surface area contributed by atoms with Crippen LogP contribution in [0.25, 0.3) is 0 Å². The quantitative estimate of drug-likeness (QED) is 0.149. The first-order valence-corrected chi connectivity index (χ1v) is 16.1. The molecule has 0 atom stereocenters. The lowest BCUT2D eigenvalue weighted by Gasteiger charge is -2.28. The third-order valence-electron chi connectivity index (χ3n) is 7.57. The van der Waals surface area contributed by atoms with E-state index >= 15 is 0 Å². The number of anilines is 3. The number of methoxy groups -OCH3 is 1. The monoisotopic (exact) mass is 524 g/mol.